The topological polar surface area (TPSA) is 139 Å². The highest BCUT2D eigenvalue weighted by atomic mass is 32.2. The van der Waals surface area contributed by atoms with Gasteiger partial charge in [0.25, 0.3) is 0 Å². The van der Waals surface area contributed by atoms with Crippen molar-refractivity contribution in [2.75, 3.05) is 26.2 Å². The van der Waals surface area contributed by atoms with Gasteiger partial charge in [0.2, 0.25) is 27.7 Å². The van der Waals surface area contributed by atoms with E-state index in [-0.39, 0.29) is 31.8 Å². The summed E-state index contributed by atoms with van der Waals surface area (Å²) in [7, 11) is -3.40. The zero-order chi connectivity index (χ0) is 22.4. The Labute approximate surface area is 179 Å². The number of imide groups is 1. The first-order chi connectivity index (χ1) is 14.1. The summed E-state index contributed by atoms with van der Waals surface area (Å²) in [4.78, 5) is 38.8. The number of sulfonamides is 1. The average Bonchev–Trinajstić information content (AvgIpc) is 3.53. The van der Waals surface area contributed by atoms with E-state index >= 15 is 0 Å². The lowest BCUT2D eigenvalue weighted by Gasteiger charge is -2.28. The minimum atomic E-state index is -3.40. The van der Waals surface area contributed by atoms with Crippen LogP contribution in [0, 0.1) is 11.3 Å². The molecule has 1 saturated carbocycles. The molecule has 0 bridgehead atoms. The van der Waals surface area contributed by atoms with Gasteiger partial charge < -0.3 is 11.1 Å². The van der Waals surface area contributed by atoms with Crippen molar-refractivity contribution in [3.63, 3.8) is 0 Å². The van der Waals surface area contributed by atoms with E-state index in [1.165, 1.54) is 4.90 Å². The van der Waals surface area contributed by atoms with Crippen molar-refractivity contribution in [2.45, 2.75) is 70.5 Å². The summed E-state index contributed by atoms with van der Waals surface area (Å²) >= 11 is 0. The molecule has 1 aliphatic carbocycles. The zero-order valence-electron chi connectivity index (χ0n) is 18.1. The molecule has 0 unspecified atom stereocenters. The highest BCUT2D eigenvalue weighted by Gasteiger charge is 2.57. The average molecular weight is 445 g/mol. The van der Waals surface area contributed by atoms with Crippen LogP contribution in [-0.2, 0) is 24.4 Å². The summed E-state index contributed by atoms with van der Waals surface area (Å²) in [6, 6.07) is 0. The number of carbonyl (C=O) groups is 3. The predicted octanol–water partition coefficient (Wildman–Crippen LogP) is 0.495. The number of carbonyl (C=O) groups excluding carboxylic acids is 3. The molecular formula is C20H36N4O5S. The maximum Gasteiger partial charge on any atom is 0.244 e. The lowest BCUT2D eigenvalue weighted by atomic mass is 9.94. The van der Waals surface area contributed by atoms with E-state index in [2.05, 4.69) is 10.0 Å². The van der Waals surface area contributed by atoms with Crippen molar-refractivity contribution in [1.29, 1.82) is 0 Å². The third-order valence-electron chi connectivity index (χ3n) is 6.37. The quantitative estimate of drug-likeness (QED) is 0.296. The van der Waals surface area contributed by atoms with Gasteiger partial charge >= 0.3 is 0 Å². The SMILES string of the molecule is CC[C@H](C)S(=O)(=O)NCCCC(=O)N(CCC1CCNCC1)C(=O)C1(C(N)=O)CC1. The highest BCUT2D eigenvalue weighted by Crippen LogP contribution is 2.47. The first-order valence-corrected chi connectivity index (χ1v) is 12.5. The second-order valence-electron chi connectivity index (χ2n) is 8.54. The Morgan fingerprint density at radius 2 is 1.87 bits per heavy atom. The van der Waals surface area contributed by atoms with Crippen molar-refractivity contribution >= 4 is 27.7 Å². The Hall–Kier alpha value is -1.52. The van der Waals surface area contributed by atoms with E-state index in [0.29, 0.717) is 31.6 Å². The smallest absolute Gasteiger partial charge is 0.244 e. The molecule has 2 rings (SSSR count). The molecule has 9 nitrogen and oxygen atoms in total. The fourth-order valence-electron chi connectivity index (χ4n) is 3.72. The third kappa shape index (κ3) is 6.24. The fraction of sp³-hybridized carbons (Fsp3) is 0.850. The van der Waals surface area contributed by atoms with E-state index in [1.807, 2.05) is 0 Å². The van der Waals surface area contributed by atoms with E-state index in [1.54, 1.807) is 13.8 Å². The molecule has 0 aromatic rings. The lowest BCUT2D eigenvalue weighted by molar-refractivity contribution is -0.151. The normalized spacial score (nSPS) is 19.8. The molecule has 1 saturated heterocycles. The van der Waals surface area contributed by atoms with Gasteiger partial charge in [-0.15, -0.1) is 0 Å². The van der Waals surface area contributed by atoms with E-state index in [4.69, 9.17) is 5.73 Å². The number of hydrogen-bond donors (Lipinski definition) is 3. The van der Waals surface area contributed by atoms with Gasteiger partial charge in [-0.05, 0) is 70.9 Å². The summed E-state index contributed by atoms with van der Waals surface area (Å²) in [5, 5.41) is 2.79. The summed E-state index contributed by atoms with van der Waals surface area (Å²) in [6.07, 6.45) is 4.28. The Balaban J connectivity index is 1.94. The van der Waals surface area contributed by atoms with Crippen LogP contribution >= 0.6 is 0 Å². The van der Waals surface area contributed by atoms with Crippen molar-refractivity contribution in [3.8, 4) is 0 Å². The first-order valence-electron chi connectivity index (χ1n) is 11.0. The molecule has 3 amide bonds. The maximum atomic E-state index is 13.0. The number of nitrogens with zero attached hydrogens (tertiary/aromatic N) is 1. The van der Waals surface area contributed by atoms with Crippen molar-refractivity contribution < 1.29 is 22.8 Å². The molecule has 1 atom stereocenters. The monoisotopic (exact) mass is 444 g/mol. The van der Waals surface area contributed by atoms with Crippen molar-refractivity contribution in [2.24, 2.45) is 17.1 Å². The fourth-order valence-corrected chi connectivity index (χ4v) is 4.87. The van der Waals surface area contributed by atoms with Crippen LogP contribution in [0.5, 0.6) is 0 Å². The largest absolute Gasteiger partial charge is 0.369 e. The Morgan fingerprint density at radius 1 is 1.23 bits per heavy atom. The lowest BCUT2D eigenvalue weighted by Crippen LogP contribution is -2.47. The van der Waals surface area contributed by atoms with Crippen LogP contribution in [-0.4, -0.2) is 62.5 Å². The van der Waals surface area contributed by atoms with Crippen molar-refractivity contribution in [1.82, 2.24) is 14.9 Å². The molecule has 4 N–H and O–H groups in total. The van der Waals surface area contributed by atoms with Crippen LogP contribution in [0.25, 0.3) is 0 Å². The number of hydrogen-bond acceptors (Lipinski definition) is 6. The molecule has 172 valence electrons. The summed E-state index contributed by atoms with van der Waals surface area (Å²) in [6.45, 7) is 5.69. The molecule has 2 aliphatic rings. The van der Waals surface area contributed by atoms with Gasteiger partial charge in [-0.2, -0.15) is 0 Å². The molecule has 30 heavy (non-hydrogen) atoms. The molecule has 0 spiro atoms. The predicted molar refractivity (Wildman–Crippen MR) is 114 cm³/mol. The number of primary amides is 1. The standard InChI is InChI=1S/C20H36N4O5S/c1-3-15(2)30(28,29)23-11-4-5-17(25)24(14-8-16-6-12-22-13-7-16)19(27)20(9-10-20)18(21)26/h15-16,22-23H,3-14H2,1-2H3,(H2,21,26)/t15-/m0/s1. The van der Waals surface area contributed by atoms with Gasteiger partial charge in [-0.1, -0.05) is 6.92 Å². The first kappa shape index (κ1) is 24.7. The van der Waals surface area contributed by atoms with Gasteiger partial charge in [0.05, 0.1) is 5.25 Å². The molecule has 0 aromatic heterocycles. The van der Waals surface area contributed by atoms with Crippen LogP contribution < -0.4 is 15.8 Å². The van der Waals surface area contributed by atoms with Gasteiger partial charge in [0.15, 0.2) is 0 Å². The van der Waals surface area contributed by atoms with Gasteiger partial charge in [-0.3, -0.25) is 19.3 Å². The summed E-state index contributed by atoms with van der Waals surface area (Å²) in [5.74, 6) is -1.10. The van der Waals surface area contributed by atoms with Crippen LogP contribution in [0.3, 0.4) is 0 Å². The summed E-state index contributed by atoms with van der Waals surface area (Å²) < 4.78 is 26.6. The molecule has 0 radical (unpaired) electrons. The molecule has 1 aliphatic heterocycles. The van der Waals surface area contributed by atoms with Crippen LogP contribution in [0.15, 0.2) is 0 Å². The number of amides is 3. The Bertz CT molecular complexity index is 729. The van der Waals surface area contributed by atoms with E-state index in [0.717, 1.165) is 25.9 Å². The number of nitrogens with two attached hydrogens (primary N) is 1. The second kappa shape index (κ2) is 10.7. The zero-order valence-corrected chi connectivity index (χ0v) is 18.9. The number of rotatable bonds is 12. The Morgan fingerprint density at radius 3 is 2.40 bits per heavy atom. The van der Waals surface area contributed by atoms with Gasteiger partial charge in [0.1, 0.15) is 5.41 Å². The van der Waals surface area contributed by atoms with E-state index < -0.39 is 32.5 Å². The van der Waals surface area contributed by atoms with Gasteiger partial charge in [-0.25, -0.2) is 13.1 Å². The van der Waals surface area contributed by atoms with Crippen LogP contribution in [0.4, 0.5) is 0 Å². The second-order valence-corrected chi connectivity index (χ2v) is 10.7. The Kier molecular flexibility index (Phi) is 8.81. The number of nitrogens with one attached hydrogen (secondary N) is 2. The minimum absolute atomic E-state index is 0.0375. The van der Waals surface area contributed by atoms with Crippen LogP contribution in [0.2, 0.25) is 0 Å². The molecule has 2 fully saturated rings. The minimum Gasteiger partial charge on any atom is -0.369 e. The van der Waals surface area contributed by atoms with Crippen molar-refractivity contribution in [3.05, 3.63) is 0 Å². The molecular weight excluding hydrogens is 408 g/mol. The molecule has 1 heterocycles. The highest BCUT2D eigenvalue weighted by molar-refractivity contribution is 7.90. The van der Waals surface area contributed by atoms with Gasteiger partial charge in [0, 0.05) is 19.5 Å². The third-order valence-corrected chi connectivity index (χ3v) is 8.37. The summed E-state index contributed by atoms with van der Waals surface area (Å²) in [5.41, 5.74) is 4.20. The number of piperidine rings is 1. The molecule has 0 aromatic carbocycles. The molecule has 10 heteroatoms. The maximum absolute atomic E-state index is 13.0. The van der Waals surface area contributed by atoms with E-state index in [9.17, 15) is 22.8 Å². The van der Waals surface area contributed by atoms with Crippen LogP contribution in [0.1, 0.15) is 65.2 Å².